The van der Waals surface area contributed by atoms with Crippen molar-refractivity contribution >= 4 is 17.4 Å². The van der Waals surface area contributed by atoms with Crippen LogP contribution < -0.4 is 4.74 Å². The van der Waals surface area contributed by atoms with Gasteiger partial charge in [0.2, 0.25) is 0 Å². The van der Waals surface area contributed by atoms with Crippen LogP contribution in [0.3, 0.4) is 0 Å². The van der Waals surface area contributed by atoms with Crippen LogP contribution >= 0.6 is 11.6 Å². The Kier molecular flexibility index (Phi) is 4.58. The number of Topliss-reactive ketones (excluding diaryl/α,β-unsaturated/α-hetero) is 1. The molecule has 0 saturated carbocycles. The number of ketones is 1. The molecule has 98 valence electrons. The highest BCUT2D eigenvalue weighted by molar-refractivity contribution is 6.22. The lowest BCUT2D eigenvalue weighted by molar-refractivity contribution is 0.0983. The van der Waals surface area contributed by atoms with Crippen LogP contribution in [-0.2, 0) is 0 Å². The van der Waals surface area contributed by atoms with Crippen molar-refractivity contribution in [1.82, 2.24) is 0 Å². The molecule has 2 aromatic rings. The molecule has 0 saturated heterocycles. The first-order valence-electron chi connectivity index (χ1n) is 6.15. The van der Waals surface area contributed by atoms with Gasteiger partial charge in [0.1, 0.15) is 11.5 Å². The predicted molar refractivity (Wildman–Crippen MR) is 77.2 cm³/mol. The van der Waals surface area contributed by atoms with Crippen molar-refractivity contribution in [3.63, 3.8) is 0 Å². The van der Waals surface area contributed by atoms with Gasteiger partial charge < -0.3 is 4.74 Å². The Morgan fingerprint density at radius 2 is 1.63 bits per heavy atom. The summed E-state index contributed by atoms with van der Waals surface area (Å²) in [6.07, 6.45) is 0.348. The highest BCUT2D eigenvalue weighted by atomic mass is 35.5. The van der Waals surface area contributed by atoms with Crippen molar-refractivity contribution in [2.24, 2.45) is 0 Å². The molecule has 0 aromatic heterocycles. The van der Waals surface area contributed by atoms with Gasteiger partial charge in [0.05, 0.1) is 0 Å². The van der Waals surface area contributed by atoms with Crippen molar-refractivity contribution in [1.29, 1.82) is 0 Å². The van der Waals surface area contributed by atoms with Gasteiger partial charge in [-0.1, -0.05) is 18.2 Å². The molecule has 2 nitrogen and oxygen atoms in total. The number of hydrogen-bond donors (Lipinski definition) is 0. The molecular formula is C16H15ClO2. The van der Waals surface area contributed by atoms with Crippen molar-refractivity contribution in [2.45, 2.75) is 18.7 Å². The largest absolute Gasteiger partial charge is 0.457 e. The van der Waals surface area contributed by atoms with E-state index in [1.165, 1.54) is 0 Å². The van der Waals surface area contributed by atoms with Gasteiger partial charge in [-0.2, -0.15) is 0 Å². The first-order valence-corrected chi connectivity index (χ1v) is 6.59. The molecule has 2 aromatic carbocycles. The highest BCUT2D eigenvalue weighted by Crippen LogP contribution is 2.21. The molecule has 0 amide bonds. The zero-order valence-electron chi connectivity index (χ0n) is 10.7. The molecule has 3 heteroatoms. The van der Waals surface area contributed by atoms with Crippen molar-refractivity contribution < 1.29 is 9.53 Å². The third kappa shape index (κ3) is 4.11. The summed E-state index contributed by atoms with van der Waals surface area (Å²) in [5.41, 5.74) is 0.660. The summed E-state index contributed by atoms with van der Waals surface area (Å²) in [6.45, 7) is 1.81. The molecule has 0 radical (unpaired) electrons. The average molecular weight is 275 g/mol. The van der Waals surface area contributed by atoms with Crippen molar-refractivity contribution in [3.05, 3.63) is 60.2 Å². The van der Waals surface area contributed by atoms with Gasteiger partial charge in [-0.25, -0.2) is 0 Å². The van der Waals surface area contributed by atoms with E-state index in [0.29, 0.717) is 17.7 Å². The number of carbonyl (C=O) groups is 1. The summed E-state index contributed by atoms with van der Waals surface area (Å²) in [4.78, 5) is 11.8. The Bertz CT molecular complexity index is 532. The molecule has 0 spiro atoms. The number of carbonyl (C=O) groups excluding carboxylic acids is 1. The molecule has 0 aliphatic rings. The Labute approximate surface area is 118 Å². The number of para-hydroxylation sites is 1. The molecular weight excluding hydrogens is 260 g/mol. The fourth-order valence-corrected chi connectivity index (χ4v) is 1.85. The smallest absolute Gasteiger partial charge is 0.164 e. The lowest BCUT2D eigenvalue weighted by Crippen LogP contribution is -2.04. The second-order valence-electron chi connectivity index (χ2n) is 4.35. The van der Waals surface area contributed by atoms with Crippen LogP contribution in [0.2, 0.25) is 0 Å². The van der Waals surface area contributed by atoms with E-state index in [-0.39, 0.29) is 11.2 Å². The molecule has 1 atom stereocenters. The first kappa shape index (κ1) is 13.6. The van der Waals surface area contributed by atoms with Crippen molar-refractivity contribution in [2.75, 3.05) is 0 Å². The Morgan fingerprint density at radius 3 is 2.21 bits per heavy atom. The van der Waals surface area contributed by atoms with Crippen LogP contribution in [0.1, 0.15) is 23.7 Å². The maximum atomic E-state index is 11.8. The number of ether oxygens (including phenoxy) is 1. The maximum Gasteiger partial charge on any atom is 0.164 e. The Hall–Kier alpha value is -1.80. The van der Waals surface area contributed by atoms with Crippen LogP contribution in [0.4, 0.5) is 0 Å². The summed E-state index contributed by atoms with van der Waals surface area (Å²) in [7, 11) is 0. The van der Waals surface area contributed by atoms with Crippen molar-refractivity contribution in [3.8, 4) is 11.5 Å². The number of rotatable bonds is 5. The van der Waals surface area contributed by atoms with Gasteiger partial charge in [0.25, 0.3) is 0 Å². The lowest BCUT2D eigenvalue weighted by Gasteiger charge is -2.07. The normalized spacial score (nSPS) is 11.9. The molecule has 19 heavy (non-hydrogen) atoms. The van der Waals surface area contributed by atoms with E-state index in [1.54, 1.807) is 24.3 Å². The van der Waals surface area contributed by atoms with Gasteiger partial charge in [-0.15, -0.1) is 11.6 Å². The number of hydrogen-bond acceptors (Lipinski definition) is 2. The summed E-state index contributed by atoms with van der Waals surface area (Å²) < 4.78 is 5.66. The van der Waals surface area contributed by atoms with Crippen LogP contribution in [0, 0.1) is 0 Å². The number of benzene rings is 2. The van der Waals surface area contributed by atoms with Gasteiger partial charge in [0.15, 0.2) is 5.78 Å². The monoisotopic (exact) mass is 274 g/mol. The average Bonchev–Trinajstić information content (AvgIpc) is 2.40. The second-order valence-corrected chi connectivity index (χ2v) is 5.09. The maximum absolute atomic E-state index is 11.8. The van der Waals surface area contributed by atoms with E-state index in [0.717, 1.165) is 5.75 Å². The van der Waals surface area contributed by atoms with Gasteiger partial charge in [-0.3, -0.25) is 4.79 Å². The lowest BCUT2D eigenvalue weighted by atomic mass is 10.1. The standard InChI is InChI=1S/C16H15ClO2/c1-12(17)11-16(18)13-7-9-15(10-8-13)19-14-5-3-2-4-6-14/h2-10,12H,11H2,1H3. The van der Waals surface area contributed by atoms with Crippen LogP contribution in [0.5, 0.6) is 11.5 Å². The molecule has 0 aliphatic carbocycles. The minimum atomic E-state index is -0.146. The Balaban J connectivity index is 2.04. The molecule has 0 aliphatic heterocycles. The number of halogens is 1. The molecule has 0 fully saturated rings. The summed E-state index contributed by atoms with van der Waals surface area (Å²) >= 11 is 5.82. The quantitative estimate of drug-likeness (QED) is 0.584. The first-order chi connectivity index (χ1) is 9.15. The molecule has 1 unspecified atom stereocenters. The van der Waals surface area contributed by atoms with Crippen LogP contribution in [0.15, 0.2) is 54.6 Å². The highest BCUT2D eigenvalue weighted by Gasteiger charge is 2.09. The summed E-state index contributed by atoms with van der Waals surface area (Å²) in [5, 5.41) is -0.146. The fraction of sp³-hybridized carbons (Fsp3) is 0.188. The van der Waals surface area contributed by atoms with E-state index in [9.17, 15) is 4.79 Å². The molecule has 2 rings (SSSR count). The van der Waals surface area contributed by atoms with Gasteiger partial charge in [0, 0.05) is 17.4 Å². The van der Waals surface area contributed by atoms with Gasteiger partial charge in [-0.05, 0) is 43.3 Å². The van der Waals surface area contributed by atoms with E-state index in [2.05, 4.69) is 0 Å². The van der Waals surface area contributed by atoms with E-state index in [4.69, 9.17) is 16.3 Å². The van der Waals surface area contributed by atoms with E-state index in [1.807, 2.05) is 37.3 Å². The molecule has 0 heterocycles. The summed E-state index contributed by atoms with van der Waals surface area (Å²) in [5.74, 6) is 1.53. The minimum Gasteiger partial charge on any atom is -0.457 e. The zero-order valence-corrected chi connectivity index (χ0v) is 11.4. The van der Waals surface area contributed by atoms with Crippen LogP contribution in [0.25, 0.3) is 0 Å². The van der Waals surface area contributed by atoms with E-state index >= 15 is 0 Å². The topological polar surface area (TPSA) is 26.3 Å². The SMILES string of the molecule is CC(Cl)CC(=O)c1ccc(Oc2ccccc2)cc1. The zero-order chi connectivity index (χ0) is 13.7. The third-order valence-corrected chi connectivity index (χ3v) is 2.78. The van der Waals surface area contributed by atoms with Crippen LogP contribution in [-0.4, -0.2) is 11.2 Å². The third-order valence-electron chi connectivity index (χ3n) is 2.62. The summed E-state index contributed by atoms with van der Waals surface area (Å²) in [6, 6.07) is 16.6. The predicted octanol–water partition coefficient (Wildman–Crippen LogP) is 4.68. The van der Waals surface area contributed by atoms with E-state index < -0.39 is 0 Å². The minimum absolute atomic E-state index is 0.0498. The molecule has 0 bridgehead atoms. The van der Waals surface area contributed by atoms with Gasteiger partial charge >= 0.3 is 0 Å². The fourth-order valence-electron chi connectivity index (χ4n) is 1.71. The Morgan fingerprint density at radius 1 is 1.05 bits per heavy atom. The second kappa shape index (κ2) is 6.39. The number of alkyl halides is 1. The molecule has 0 N–H and O–H groups in total.